The van der Waals surface area contributed by atoms with Crippen LogP contribution in [0.1, 0.15) is 34.2 Å². The Balaban J connectivity index is 1.43. The summed E-state index contributed by atoms with van der Waals surface area (Å²) < 4.78 is 28.1. The van der Waals surface area contributed by atoms with Crippen molar-refractivity contribution in [1.82, 2.24) is 14.9 Å². The number of aromatic nitrogens is 2. The molecular formula is C26H26N4O3S. The van der Waals surface area contributed by atoms with E-state index < -0.39 is 10.0 Å². The molecule has 0 bridgehead atoms. The Morgan fingerprint density at radius 2 is 1.79 bits per heavy atom. The largest absolute Gasteiger partial charge is 0.345 e. The van der Waals surface area contributed by atoms with Crippen molar-refractivity contribution in [2.45, 2.75) is 18.9 Å². The molecule has 3 aromatic carbocycles. The fourth-order valence-corrected chi connectivity index (χ4v) is 6.03. The van der Waals surface area contributed by atoms with Gasteiger partial charge >= 0.3 is 0 Å². The number of hydrogen-bond donors (Lipinski definition) is 1. The number of hydrogen-bond acceptors (Lipinski definition) is 4. The zero-order valence-corrected chi connectivity index (χ0v) is 19.7. The molecule has 0 spiro atoms. The summed E-state index contributed by atoms with van der Waals surface area (Å²) in [5, 5.41) is 3.15. The summed E-state index contributed by atoms with van der Waals surface area (Å²) in [5.41, 5.74) is 3.87. The van der Waals surface area contributed by atoms with Gasteiger partial charge in [0.25, 0.3) is 5.91 Å². The molecule has 2 heterocycles. The van der Waals surface area contributed by atoms with Gasteiger partial charge in [0.05, 0.1) is 28.5 Å². The van der Waals surface area contributed by atoms with Crippen LogP contribution in [0.15, 0.2) is 78.9 Å². The maximum Gasteiger partial charge on any atom is 0.251 e. The lowest BCUT2D eigenvalue weighted by Crippen LogP contribution is -2.31. The molecule has 1 unspecified atom stereocenters. The molecule has 1 atom stereocenters. The molecule has 1 amide bonds. The Hall–Kier alpha value is -3.65. The molecule has 8 heteroatoms. The highest BCUT2D eigenvalue weighted by Gasteiger charge is 2.29. The average Bonchev–Trinajstić information content (AvgIpc) is 3.37. The van der Waals surface area contributed by atoms with Crippen LogP contribution in [0.5, 0.6) is 0 Å². The lowest BCUT2D eigenvalue weighted by atomic mass is 10.0. The Kier molecular flexibility index (Phi) is 5.83. The van der Waals surface area contributed by atoms with E-state index in [1.165, 1.54) is 4.31 Å². The number of nitrogens with one attached hydrogen (secondary N) is 1. The van der Waals surface area contributed by atoms with Crippen molar-refractivity contribution in [2.75, 3.05) is 16.6 Å². The first-order valence-corrected chi connectivity index (χ1v) is 12.9. The number of carbonyl (C=O) groups is 1. The normalized spacial score (nSPS) is 16.0. The van der Waals surface area contributed by atoms with E-state index in [0.29, 0.717) is 30.6 Å². The van der Waals surface area contributed by atoms with E-state index in [-0.39, 0.29) is 17.7 Å². The van der Waals surface area contributed by atoms with E-state index in [0.717, 1.165) is 22.4 Å². The number of aryl methyl sites for hydroxylation is 1. The minimum Gasteiger partial charge on any atom is -0.345 e. The van der Waals surface area contributed by atoms with E-state index in [1.54, 1.807) is 24.3 Å². The van der Waals surface area contributed by atoms with Crippen LogP contribution in [0, 0.1) is 0 Å². The second-order valence-electron chi connectivity index (χ2n) is 8.51. The standard InChI is InChI=1S/C26H26N4O3S/c1-29-24-14-6-5-13-22(24)27-25(29)18-23(19-9-3-2-4-10-19)28-26(31)20-11-7-12-21(17-20)30-15-8-16-34(30,32)33/h2-7,9-14,17,23H,8,15-16,18H2,1H3,(H,28,31). The quantitative estimate of drug-likeness (QED) is 0.460. The van der Waals surface area contributed by atoms with Crippen LogP contribution in [0.4, 0.5) is 5.69 Å². The van der Waals surface area contributed by atoms with Gasteiger partial charge in [-0.1, -0.05) is 48.5 Å². The van der Waals surface area contributed by atoms with Crippen molar-refractivity contribution >= 4 is 32.7 Å². The second kappa shape index (κ2) is 8.95. The Morgan fingerprint density at radius 1 is 1.03 bits per heavy atom. The summed E-state index contributed by atoms with van der Waals surface area (Å²) in [6.45, 7) is 0.437. The number of carbonyl (C=O) groups excluding carboxylic acids is 1. The number of sulfonamides is 1. The second-order valence-corrected chi connectivity index (χ2v) is 10.5. The van der Waals surface area contributed by atoms with Gasteiger partial charge in [0, 0.05) is 25.6 Å². The molecule has 1 aromatic heterocycles. The monoisotopic (exact) mass is 474 g/mol. The number of imidazole rings is 1. The van der Waals surface area contributed by atoms with Gasteiger partial charge in [0.2, 0.25) is 10.0 Å². The third-order valence-electron chi connectivity index (χ3n) is 6.27. The Morgan fingerprint density at radius 3 is 2.53 bits per heavy atom. The minimum absolute atomic E-state index is 0.136. The van der Waals surface area contributed by atoms with Crippen molar-refractivity contribution in [3.05, 3.63) is 95.8 Å². The molecule has 1 N–H and O–H groups in total. The minimum atomic E-state index is -3.32. The van der Waals surface area contributed by atoms with E-state index >= 15 is 0 Å². The maximum absolute atomic E-state index is 13.3. The fraction of sp³-hybridized carbons (Fsp3) is 0.231. The van der Waals surface area contributed by atoms with Gasteiger partial charge in [0.1, 0.15) is 5.82 Å². The number of nitrogens with zero attached hydrogens (tertiary/aromatic N) is 3. The number of benzene rings is 3. The third-order valence-corrected chi connectivity index (χ3v) is 8.14. The SMILES string of the molecule is Cn1c(CC(NC(=O)c2cccc(N3CCCS3(=O)=O)c2)c2ccccc2)nc2ccccc21. The molecule has 174 valence electrons. The highest BCUT2D eigenvalue weighted by atomic mass is 32.2. The summed E-state index contributed by atoms with van der Waals surface area (Å²) in [6.07, 6.45) is 1.11. The van der Waals surface area contributed by atoms with E-state index in [2.05, 4.69) is 9.88 Å². The van der Waals surface area contributed by atoms with Gasteiger partial charge < -0.3 is 9.88 Å². The highest BCUT2D eigenvalue weighted by Crippen LogP contribution is 2.26. The molecule has 1 aliphatic rings. The number of amides is 1. The zero-order chi connectivity index (χ0) is 23.7. The molecule has 4 aromatic rings. The van der Waals surface area contributed by atoms with E-state index in [1.807, 2.05) is 61.6 Å². The zero-order valence-electron chi connectivity index (χ0n) is 18.9. The van der Waals surface area contributed by atoms with Gasteiger partial charge in [-0.15, -0.1) is 0 Å². The summed E-state index contributed by atoms with van der Waals surface area (Å²) in [4.78, 5) is 18.1. The Labute approximate surface area is 199 Å². The summed E-state index contributed by atoms with van der Waals surface area (Å²) in [6, 6.07) is 24.3. The van der Waals surface area contributed by atoms with Crippen LogP contribution in [-0.2, 0) is 23.5 Å². The van der Waals surface area contributed by atoms with Crippen LogP contribution >= 0.6 is 0 Å². The summed E-state index contributed by atoms with van der Waals surface area (Å²) in [7, 11) is -1.34. The molecule has 34 heavy (non-hydrogen) atoms. The van der Waals surface area contributed by atoms with Crippen molar-refractivity contribution in [3.8, 4) is 0 Å². The van der Waals surface area contributed by atoms with Crippen LogP contribution in [0.2, 0.25) is 0 Å². The molecule has 5 rings (SSSR count). The molecule has 7 nitrogen and oxygen atoms in total. The molecule has 1 saturated heterocycles. The predicted molar refractivity (Wildman–Crippen MR) is 133 cm³/mol. The van der Waals surface area contributed by atoms with E-state index in [4.69, 9.17) is 4.98 Å². The maximum atomic E-state index is 13.3. The van der Waals surface area contributed by atoms with Gasteiger partial charge in [-0.05, 0) is 42.3 Å². The highest BCUT2D eigenvalue weighted by molar-refractivity contribution is 7.93. The first-order chi connectivity index (χ1) is 16.4. The molecule has 0 radical (unpaired) electrons. The van der Waals surface area contributed by atoms with E-state index in [9.17, 15) is 13.2 Å². The van der Waals surface area contributed by atoms with Crippen molar-refractivity contribution in [3.63, 3.8) is 0 Å². The summed E-state index contributed by atoms with van der Waals surface area (Å²) in [5.74, 6) is 0.746. The fourth-order valence-electron chi connectivity index (χ4n) is 4.47. The van der Waals surface area contributed by atoms with Crippen molar-refractivity contribution in [1.29, 1.82) is 0 Å². The van der Waals surface area contributed by atoms with Gasteiger partial charge in [0.15, 0.2) is 0 Å². The number of para-hydroxylation sites is 2. The average molecular weight is 475 g/mol. The van der Waals surface area contributed by atoms with Gasteiger partial charge in [-0.2, -0.15) is 0 Å². The molecule has 0 aliphatic carbocycles. The summed E-state index contributed by atoms with van der Waals surface area (Å²) >= 11 is 0. The van der Waals surface area contributed by atoms with Crippen LogP contribution < -0.4 is 9.62 Å². The lowest BCUT2D eigenvalue weighted by Gasteiger charge is -2.21. The smallest absolute Gasteiger partial charge is 0.251 e. The number of anilines is 1. The third kappa shape index (κ3) is 4.28. The van der Waals surface area contributed by atoms with Crippen LogP contribution in [0.3, 0.4) is 0 Å². The van der Waals surface area contributed by atoms with Crippen molar-refractivity contribution < 1.29 is 13.2 Å². The van der Waals surface area contributed by atoms with Crippen LogP contribution in [-0.4, -0.2) is 36.2 Å². The lowest BCUT2D eigenvalue weighted by molar-refractivity contribution is 0.0936. The first kappa shape index (κ1) is 22.2. The van der Waals surface area contributed by atoms with Crippen molar-refractivity contribution in [2.24, 2.45) is 7.05 Å². The molecule has 0 saturated carbocycles. The van der Waals surface area contributed by atoms with Gasteiger partial charge in [-0.3, -0.25) is 9.10 Å². The molecular weight excluding hydrogens is 448 g/mol. The number of fused-ring (bicyclic) bond motifs is 1. The van der Waals surface area contributed by atoms with Crippen LogP contribution in [0.25, 0.3) is 11.0 Å². The first-order valence-electron chi connectivity index (χ1n) is 11.3. The molecule has 1 aliphatic heterocycles. The topological polar surface area (TPSA) is 84.3 Å². The molecule has 1 fully saturated rings. The predicted octanol–water partition coefficient (Wildman–Crippen LogP) is 3.83. The Bertz CT molecular complexity index is 1450. The number of rotatable bonds is 6. The van der Waals surface area contributed by atoms with Gasteiger partial charge in [-0.25, -0.2) is 13.4 Å².